The van der Waals surface area contributed by atoms with E-state index in [1.54, 1.807) is 0 Å². The van der Waals surface area contributed by atoms with Crippen LogP contribution >= 0.6 is 24.0 Å². The molecule has 0 aromatic carbocycles. The molecule has 0 fully saturated rings. The lowest BCUT2D eigenvalue weighted by Gasteiger charge is -2.06. The van der Waals surface area contributed by atoms with E-state index in [9.17, 15) is 0 Å². The number of hydrogen-bond donors (Lipinski definition) is 3. The largest absolute Gasteiger partial charge is 0.393 e. The van der Waals surface area contributed by atoms with Crippen LogP contribution in [0.25, 0.3) is 0 Å². The zero-order chi connectivity index (χ0) is 9.68. The highest BCUT2D eigenvalue weighted by Gasteiger charge is 2.03. The van der Waals surface area contributed by atoms with E-state index >= 15 is 0 Å². The number of hydrogen-bond acceptors (Lipinski definition) is 5. The van der Waals surface area contributed by atoms with Gasteiger partial charge in [0.05, 0.1) is 0 Å². The third kappa shape index (κ3) is 3.53. The van der Waals surface area contributed by atoms with Gasteiger partial charge in [-0.15, -0.1) is 12.4 Å². The summed E-state index contributed by atoms with van der Waals surface area (Å²) in [5.74, 6) is 0.563. The molecular formula is C7H13Cl2N5. The van der Waals surface area contributed by atoms with Crippen LogP contribution in [0.1, 0.15) is 6.42 Å². The SMILES string of the molecule is Cl.NCCCNc1ncnc(Cl)c1N. The quantitative estimate of drug-likeness (QED) is 0.535. The van der Waals surface area contributed by atoms with Crippen molar-refractivity contribution in [2.45, 2.75) is 6.42 Å². The highest BCUT2D eigenvalue weighted by atomic mass is 35.5. The molecule has 0 atom stereocenters. The van der Waals surface area contributed by atoms with Crippen LogP contribution in [0.5, 0.6) is 0 Å². The van der Waals surface area contributed by atoms with E-state index in [1.807, 2.05) is 0 Å². The molecule has 5 N–H and O–H groups in total. The Labute approximate surface area is 93.7 Å². The van der Waals surface area contributed by atoms with E-state index in [0.717, 1.165) is 13.0 Å². The van der Waals surface area contributed by atoms with Gasteiger partial charge in [-0.1, -0.05) is 11.6 Å². The summed E-state index contributed by atoms with van der Waals surface area (Å²) in [5, 5.41) is 3.28. The zero-order valence-corrected chi connectivity index (χ0v) is 9.11. The lowest BCUT2D eigenvalue weighted by molar-refractivity contribution is 0.869. The summed E-state index contributed by atoms with van der Waals surface area (Å²) in [6, 6.07) is 0. The molecule has 7 heteroatoms. The number of anilines is 2. The molecule has 14 heavy (non-hydrogen) atoms. The van der Waals surface area contributed by atoms with E-state index < -0.39 is 0 Å². The predicted molar refractivity (Wildman–Crippen MR) is 60.9 cm³/mol. The second-order valence-electron chi connectivity index (χ2n) is 2.50. The van der Waals surface area contributed by atoms with Gasteiger partial charge in [0.25, 0.3) is 0 Å². The smallest absolute Gasteiger partial charge is 0.157 e. The Morgan fingerprint density at radius 2 is 2.14 bits per heavy atom. The Kier molecular flexibility index (Phi) is 6.27. The van der Waals surface area contributed by atoms with Crippen LogP contribution < -0.4 is 16.8 Å². The minimum absolute atomic E-state index is 0. The minimum atomic E-state index is 0. The van der Waals surface area contributed by atoms with Crippen molar-refractivity contribution in [1.29, 1.82) is 0 Å². The Morgan fingerprint density at radius 1 is 1.43 bits per heavy atom. The standard InChI is InChI=1S/C7H12ClN5.ClH/c8-6-5(10)7(13-4-12-6)11-3-1-2-9;/h4H,1-3,9-10H2,(H,11,12,13);1H. The number of rotatable bonds is 4. The fraction of sp³-hybridized carbons (Fsp3) is 0.429. The summed E-state index contributed by atoms with van der Waals surface area (Å²) in [6.07, 6.45) is 2.23. The molecule has 80 valence electrons. The number of aromatic nitrogens is 2. The highest BCUT2D eigenvalue weighted by Crippen LogP contribution is 2.21. The topological polar surface area (TPSA) is 89.8 Å². The first-order valence-electron chi connectivity index (χ1n) is 3.95. The Balaban J connectivity index is 0.00000169. The average Bonchev–Trinajstić information content (AvgIpc) is 2.13. The molecule has 1 aromatic heterocycles. The summed E-state index contributed by atoms with van der Waals surface area (Å²) < 4.78 is 0. The van der Waals surface area contributed by atoms with Crippen molar-refractivity contribution in [3.63, 3.8) is 0 Å². The maximum atomic E-state index is 5.69. The summed E-state index contributed by atoms with van der Waals surface area (Å²) >= 11 is 5.69. The minimum Gasteiger partial charge on any atom is -0.393 e. The molecule has 0 saturated heterocycles. The van der Waals surface area contributed by atoms with Gasteiger partial charge >= 0.3 is 0 Å². The average molecular weight is 238 g/mol. The zero-order valence-electron chi connectivity index (χ0n) is 7.53. The molecule has 1 heterocycles. The fourth-order valence-electron chi connectivity index (χ4n) is 0.824. The van der Waals surface area contributed by atoms with Gasteiger partial charge in [0.1, 0.15) is 12.0 Å². The van der Waals surface area contributed by atoms with Crippen LogP contribution in [0.3, 0.4) is 0 Å². The molecule has 1 rings (SSSR count). The molecular weight excluding hydrogens is 225 g/mol. The molecule has 0 spiro atoms. The van der Waals surface area contributed by atoms with Crippen LogP contribution in [0, 0.1) is 0 Å². The molecule has 0 aliphatic rings. The summed E-state index contributed by atoms with van der Waals surface area (Å²) in [6.45, 7) is 1.36. The molecule has 0 aliphatic carbocycles. The van der Waals surface area contributed by atoms with E-state index in [-0.39, 0.29) is 17.6 Å². The second kappa shape index (κ2) is 6.64. The van der Waals surface area contributed by atoms with E-state index in [4.69, 9.17) is 23.1 Å². The van der Waals surface area contributed by atoms with Gasteiger partial charge in [0.15, 0.2) is 11.0 Å². The molecule has 0 unspecified atom stereocenters. The van der Waals surface area contributed by atoms with Crippen molar-refractivity contribution in [1.82, 2.24) is 9.97 Å². The lowest BCUT2D eigenvalue weighted by atomic mass is 10.4. The van der Waals surface area contributed by atoms with Crippen molar-refractivity contribution >= 4 is 35.5 Å². The molecule has 0 bridgehead atoms. The van der Waals surface area contributed by atoms with Gasteiger partial charge < -0.3 is 16.8 Å². The number of nitrogens with one attached hydrogen (secondary N) is 1. The summed E-state index contributed by atoms with van der Waals surface area (Å²) in [5.41, 5.74) is 11.3. The van der Waals surface area contributed by atoms with Crippen LogP contribution in [0.4, 0.5) is 11.5 Å². The predicted octanol–water partition coefficient (Wildman–Crippen LogP) is 0.895. The first kappa shape index (κ1) is 13.2. The lowest BCUT2D eigenvalue weighted by Crippen LogP contribution is -2.11. The second-order valence-corrected chi connectivity index (χ2v) is 2.85. The number of nitrogens with zero attached hydrogens (tertiary/aromatic N) is 2. The van der Waals surface area contributed by atoms with Crippen molar-refractivity contribution in [2.24, 2.45) is 5.73 Å². The Morgan fingerprint density at radius 3 is 2.79 bits per heavy atom. The maximum absolute atomic E-state index is 5.69. The third-order valence-corrected chi connectivity index (χ3v) is 1.81. The molecule has 1 aromatic rings. The van der Waals surface area contributed by atoms with Crippen molar-refractivity contribution in [3.05, 3.63) is 11.5 Å². The van der Waals surface area contributed by atoms with Gasteiger partial charge in [-0.3, -0.25) is 0 Å². The molecule has 0 radical (unpaired) electrons. The first-order chi connectivity index (χ1) is 6.25. The number of halogens is 2. The van der Waals surface area contributed by atoms with Crippen molar-refractivity contribution in [3.8, 4) is 0 Å². The van der Waals surface area contributed by atoms with E-state index in [1.165, 1.54) is 6.33 Å². The Hall–Kier alpha value is -0.780. The molecule has 5 nitrogen and oxygen atoms in total. The van der Waals surface area contributed by atoms with Crippen LogP contribution in [0.2, 0.25) is 5.15 Å². The van der Waals surface area contributed by atoms with Gasteiger partial charge in [0.2, 0.25) is 0 Å². The molecule has 0 aliphatic heterocycles. The van der Waals surface area contributed by atoms with Gasteiger partial charge in [-0.25, -0.2) is 9.97 Å². The number of nitrogens with two attached hydrogens (primary N) is 2. The van der Waals surface area contributed by atoms with Gasteiger partial charge in [-0.2, -0.15) is 0 Å². The normalized spacial score (nSPS) is 9.29. The maximum Gasteiger partial charge on any atom is 0.157 e. The van der Waals surface area contributed by atoms with Gasteiger partial charge in [0, 0.05) is 6.54 Å². The Bertz CT molecular complexity index is 281. The monoisotopic (exact) mass is 237 g/mol. The van der Waals surface area contributed by atoms with Crippen molar-refractivity contribution < 1.29 is 0 Å². The van der Waals surface area contributed by atoms with Crippen LogP contribution in [-0.4, -0.2) is 23.1 Å². The highest BCUT2D eigenvalue weighted by molar-refractivity contribution is 6.32. The number of nitrogen functional groups attached to an aromatic ring is 1. The van der Waals surface area contributed by atoms with Crippen LogP contribution in [0.15, 0.2) is 6.33 Å². The first-order valence-corrected chi connectivity index (χ1v) is 4.33. The third-order valence-electron chi connectivity index (χ3n) is 1.51. The molecule has 0 saturated carbocycles. The van der Waals surface area contributed by atoms with E-state index in [0.29, 0.717) is 18.1 Å². The van der Waals surface area contributed by atoms with Crippen molar-refractivity contribution in [2.75, 3.05) is 24.1 Å². The summed E-state index contributed by atoms with van der Waals surface area (Å²) in [4.78, 5) is 7.67. The van der Waals surface area contributed by atoms with Crippen LogP contribution in [-0.2, 0) is 0 Å². The van der Waals surface area contributed by atoms with E-state index in [2.05, 4.69) is 15.3 Å². The fourth-order valence-corrected chi connectivity index (χ4v) is 0.957. The van der Waals surface area contributed by atoms with Gasteiger partial charge in [-0.05, 0) is 13.0 Å². The molecule has 0 amide bonds. The summed E-state index contributed by atoms with van der Waals surface area (Å²) in [7, 11) is 0.